The minimum Gasteiger partial charge on any atom is -0.396 e. The number of nitrogens with zero attached hydrogens (tertiary/aromatic N) is 3. The van der Waals surface area contributed by atoms with Gasteiger partial charge in [0.15, 0.2) is 0 Å². The van der Waals surface area contributed by atoms with E-state index in [9.17, 15) is 5.11 Å². The fourth-order valence-corrected chi connectivity index (χ4v) is 1.78. The molecule has 0 aliphatic heterocycles. The number of hydrogen-bond acceptors (Lipinski definition) is 4. The Hall–Kier alpha value is -1.98. The minimum atomic E-state index is -0.145. The molecule has 19 heavy (non-hydrogen) atoms. The summed E-state index contributed by atoms with van der Waals surface area (Å²) < 4.78 is 1.70. The average Bonchev–Trinajstić information content (AvgIpc) is 2.86. The topological polar surface area (TPSA) is 71.2 Å². The zero-order valence-corrected chi connectivity index (χ0v) is 10.6. The van der Waals surface area contributed by atoms with E-state index in [0.29, 0.717) is 18.7 Å². The first kappa shape index (κ1) is 13.5. The van der Waals surface area contributed by atoms with Crippen LogP contribution < -0.4 is 0 Å². The van der Waals surface area contributed by atoms with E-state index in [0.717, 1.165) is 11.3 Å². The SMILES string of the molecule is OCCCn1nnc(CO)c1/C=C/c1ccccc1. The van der Waals surface area contributed by atoms with Gasteiger partial charge in [-0.3, -0.25) is 0 Å². The molecule has 5 heteroatoms. The van der Waals surface area contributed by atoms with Crippen LogP contribution in [0, 0.1) is 0 Å². The van der Waals surface area contributed by atoms with Crippen LogP contribution in [0.1, 0.15) is 23.4 Å². The molecule has 0 bridgehead atoms. The molecule has 0 aliphatic rings. The van der Waals surface area contributed by atoms with Gasteiger partial charge in [0.25, 0.3) is 0 Å². The first-order valence-corrected chi connectivity index (χ1v) is 6.22. The first-order chi connectivity index (χ1) is 9.35. The number of rotatable bonds is 6. The second kappa shape index (κ2) is 6.82. The molecule has 0 saturated carbocycles. The lowest BCUT2D eigenvalue weighted by molar-refractivity contribution is 0.275. The van der Waals surface area contributed by atoms with Crippen LogP contribution in [0.4, 0.5) is 0 Å². The standard InChI is InChI=1S/C14H17N3O2/c18-10-4-9-17-14(13(11-19)15-16-17)8-7-12-5-2-1-3-6-12/h1-3,5-8,18-19H,4,9-11H2/b8-7+. The van der Waals surface area contributed by atoms with Gasteiger partial charge in [0.05, 0.1) is 12.3 Å². The lowest BCUT2D eigenvalue weighted by Crippen LogP contribution is -2.04. The molecule has 0 fully saturated rings. The largest absolute Gasteiger partial charge is 0.396 e. The molecule has 1 aromatic carbocycles. The summed E-state index contributed by atoms with van der Waals surface area (Å²) in [4.78, 5) is 0. The van der Waals surface area contributed by atoms with Crippen molar-refractivity contribution in [3.63, 3.8) is 0 Å². The molecule has 0 atom stereocenters. The zero-order valence-electron chi connectivity index (χ0n) is 10.6. The van der Waals surface area contributed by atoms with Crippen LogP contribution in [0.3, 0.4) is 0 Å². The van der Waals surface area contributed by atoms with E-state index in [1.54, 1.807) is 4.68 Å². The van der Waals surface area contributed by atoms with Crippen LogP contribution in [-0.2, 0) is 13.2 Å². The third-order valence-corrected chi connectivity index (χ3v) is 2.76. The fourth-order valence-electron chi connectivity index (χ4n) is 1.78. The van der Waals surface area contributed by atoms with E-state index in [1.165, 1.54) is 0 Å². The van der Waals surface area contributed by atoms with E-state index in [-0.39, 0.29) is 13.2 Å². The molecule has 2 rings (SSSR count). The molecular formula is C14H17N3O2. The maximum Gasteiger partial charge on any atom is 0.115 e. The van der Waals surface area contributed by atoms with Gasteiger partial charge in [-0.15, -0.1) is 5.10 Å². The summed E-state index contributed by atoms with van der Waals surface area (Å²) in [6.07, 6.45) is 4.45. The quantitative estimate of drug-likeness (QED) is 0.821. The van der Waals surface area contributed by atoms with Gasteiger partial charge in [-0.25, -0.2) is 4.68 Å². The van der Waals surface area contributed by atoms with E-state index in [2.05, 4.69) is 10.3 Å². The second-order valence-corrected chi connectivity index (χ2v) is 4.12. The summed E-state index contributed by atoms with van der Waals surface area (Å²) in [6, 6.07) is 9.89. The number of aryl methyl sites for hydroxylation is 1. The first-order valence-electron chi connectivity index (χ1n) is 6.22. The van der Waals surface area contributed by atoms with Crippen molar-refractivity contribution in [1.82, 2.24) is 15.0 Å². The van der Waals surface area contributed by atoms with Gasteiger partial charge in [-0.1, -0.05) is 41.6 Å². The number of benzene rings is 1. The van der Waals surface area contributed by atoms with E-state index in [4.69, 9.17) is 5.11 Å². The Kier molecular flexibility index (Phi) is 4.83. The zero-order chi connectivity index (χ0) is 13.5. The summed E-state index contributed by atoms with van der Waals surface area (Å²) >= 11 is 0. The molecule has 5 nitrogen and oxygen atoms in total. The predicted octanol–water partition coefficient (Wildman–Crippen LogP) is 1.32. The number of aliphatic hydroxyl groups excluding tert-OH is 2. The third-order valence-electron chi connectivity index (χ3n) is 2.76. The normalized spacial score (nSPS) is 11.3. The Labute approximate surface area is 111 Å². The second-order valence-electron chi connectivity index (χ2n) is 4.12. The highest BCUT2D eigenvalue weighted by Crippen LogP contribution is 2.12. The van der Waals surface area contributed by atoms with Gasteiger partial charge in [0.2, 0.25) is 0 Å². The molecule has 0 spiro atoms. The van der Waals surface area contributed by atoms with Crippen molar-refractivity contribution in [2.75, 3.05) is 6.61 Å². The Morgan fingerprint density at radius 2 is 1.89 bits per heavy atom. The molecule has 0 amide bonds. The van der Waals surface area contributed by atoms with E-state index in [1.807, 2.05) is 42.5 Å². The summed E-state index contributed by atoms with van der Waals surface area (Å²) in [6.45, 7) is 0.543. The summed E-state index contributed by atoms with van der Waals surface area (Å²) in [5.74, 6) is 0. The van der Waals surface area contributed by atoms with Gasteiger partial charge in [0.1, 0.15) is 5.69 Å². The predicted molar refractivity (Wildman–Crippen MR) is 73.0 cm³/mol. The van der Waals surface area contributed by atoms with Gasteiger partial charge in [-0.2, -0.15) is 0 Å². The van der Waals surface area contributed by atoms with Gasteiger partial charge >= 0.3 is 0 Å². The summed E-state index contributed by atoms with van der Waals surface area (Å²) in [5, 5.41) is 26.0. The average molecular weight is 259 g/mol. The lowest BCUT2D eigenvalue weighted by atomic mass is 10.2. The Morgan fingerprint density at radius 1 is 1.11 bits per heavy atom. The van der Waals surface area contributed by atoms with Crippen molar-refractivity contribution in [2.45, 2.75) is 19.6 Å². The minimum absolute atomic E-state index is 0.107. The van der Waals surface area contributed by atoms with Crippen LogP contribution in [0.15, 0.2) is 30.3 Å². The smallest absolute Gasteiger partial charge is 0.115 e. The maximum absolute atomic E-state index is 9.26. The van der Waals surface area contributed by atoms with Crippen LogP contribution in [0.2, 0.25) is 0 Å². The van der Waals surface area contributed by atoms with E-state index < -0.39 is 0 Å². The Morgan fingerprint density at radius 3 is 2.58 bits per heavy atom. The molecular weight excluding hydrogens is 242 g/mol. The van der Waals surface area contributed by atoms with Crippen molar-refractivity contribution in [3.05, 3.63) is 47.3 Å². The van der Waals surface area contributed by atoms with Crippen LogP contribution in [0.25, 0.3) is 12.2 Å². The molecule has 100 valence electrons. The molecule has 0 aliphatic carbocycles. The molecule has 0 unspecified atom stereocenters. The summed E-state index contributed by atoms with van der Waals surface area (Å²) in [7, 11) is 0. The molecule has 1 heterocycles. The molecule has 2 N–H and O–H groups in total. The Balaban J connectivity index is 2.22. The highest BCUT2D eigenvalue weighted by Gasteiger charge is 2.08. The fraction of sp³-hybridized carbons (Fsp3) is 0.286. The molecule has 0 radical (unpaired) electrons. The number of hydrogen-bond donors (Lipinski definition) is 2. The van der Waals surface area contributed by atoms with Gasteiger partial charge in [-0.05, 0) is 18.1 Å². The number of aromatic nitrogens is 3. The van der Waals surface area contributed by atoms with Gasteiger partial charge < -0.3 is 10.2 Å². The maximum atomic E-state index is 9.26. The van der Waals surface area contributed by atoms with Crippen molar-refractivity contribution >= 4 is 12.2 Å². The number of aliphatic hydroxyl groups is 2. The highest BCUT2D eigenvalue weighted by molar-refractivity contribution is 5.68. The molecule has 2 aromatic rings. The summed E-state index contributed by atoms with van der Waals surface area (Å²) in [5.41, 5.74) is 2.39. The van der Waals surface area contributed by atoms with Crippen molar-refractivity contribution in [1.29, 1.82) is 0 Å². The van der Waals surface area contributed by atoms with Crippen LogP contribution in [-0.4, -0.2) is 31.8 Å². The molecule has 1 aromatic heterocycles. The van der Waals surface area contributed by atoms with Crippen LogP contribution >= 0.6 is 0 Å². The van der Waals surface area contributed by atoms with Crippen LogP contribution in [0.5, 0.6) is 0 Å². The monoisotopic (exact) mass is 259 g/mol. The third kappa shape index (κ3) is 3.49. The van der Waals surface area contributed by atoms with Crippen molar-refractivity contribution in [2.24, 2.45) is 0 Å². The lowest BCUT2D eigenvalue weighted by Gasteiger charge is -2.02. The highest BCUT2D eigenvalue weighted by atomic mass is 16.3. The van der Waals surface area contributed by atoms with Gasteiger partial charge in [0, 0.05) is 13.2 Å². The van der Waals surface area contributed by atoms with Crippen molar-refractivity contribution < 1.29 is 10.2 Å². The van der Waals surface area contributed by atoms with E-state index >= 15 is 0 Å². The molecule has 0 saturated heterocycles. The van der Waals surface area contributed by atoms with Crippen molar-refractivity contribution in [3.8, 4) is 0 Å². The Bertz CT molecular complexity index is 535.